The highest BCUT2D eigenvalue weighted by Gasteiger charge is 2.30. The highest BCUT2D eigenvalue weighted by molar-refractivity contribution is 8.00. The first-order valence-corrected chi connectivity index (χ1v) is 8.21. The number of rotatable bonds is 6. The van der Waals surface area contributed by atoms with Crippen molar-refractivity contribution in [2.45, 2.75) is 18.2 Å². The van der Waals surface area contributed by atoms with Crippen LogP contribution >= 0.6 is 11.8 Å². The quantitative estimate of drug-likeness (QED) is 0.445. The topological polar surface area (TPSA) is 55.4 Å². The van der Waals surface area contributed by atoms with Crippen molar-refractivity contribution in [2.75, 3.05) is 11.1 Å². The van der Waals surface area contributed by atoms with Gasteiger partial charge in [-0.15, -0.1) is 24.9 Å². The number of nitrogens with one attached hydrogen (secondary N) is 1. The van der Waals surface area contributed by atoms with Crippen molar-refractivity contribution < 1.29 is 31.9 Å². The van der Waals surface area contributed by atoms with E-state index < -0.39 is 23.8 Å². The second kappa shape index (κ2) is 8.22. The molecule has 0 saturated heterocycles. The van der Waals surface area contributed by atoms with Gasteiger partial charge in [0.05, 0.1) is 5.75 Å². The van der Waals surface area contributed by atoms with Crippen molar-refractivity contribution in [1.29, 1.82) is 0 Å². The van der Waals surface area contributed by atoms with Crippen LogP contribution in [0.25, 0.3) is 0 Å². The third-order valence-electron chi connectivity index (χ3n) is 3.07. The van der Waals surface area contributed by atoms with Crippen LogP contribution in [-0.2, 0) is 4.79 Å². The number of halogens is 4. The van der Waals surface area contributed by atoms with E-state index in [1.165, 1.54) is 31.2 Å². The predicted octanol–water partition coefficient (Wildman–Crippen LogP) is 4.66. The summed E-state index contributed by atoms with van der Waals surface area (Å²) in [6, 6.07) is 8.62. The first-order chi connectivity index (χ1) is 12.1. The highest BCUT2D eigenvalue weighted by atomic mass is 32.2. The van der Waals surface area contributed by atoms with Crippen molar-refractivity contribution in [3.8, 4) is 5.75 Å². The van der Waals surface area contributed by atoms with Crippen molar-refractivity contribution in [3.05, 3.63) is 53.8 Å². The number of thioether (sulfide) groups is 1. The lowest BCUT2D eigenvalue weighted by atomic mass is 10.1. The molecular formula is C17H13F4NO3S. The minimum Gasteiger partial charge on any atom is -0.406 e. The van der Waals surface area contributed by atoms with Crippen LogP contribution in [0.15, 0.2) is 47.4 Å². The maximum Gasteiger partial charge on any atom is 0.573 e. The smallest absolute Gasteiger partial charge is 0.406 e. The van der Waals surface area contributed by atoms with Crippen molar-refractivity contribution in [1.82, 2.24) is 0 Å². The zero-order valence-corrected chi connectivity index (χ0v) is 14.2. The second-order valence-electron chi connectivity index (χ2n) is 5.11. The number of Topliss-reactive ketones (excluding diaryl/α,β-unsaturated/α-hetero) is 1. The maximum absolute atomic E-state index is 13.9. The molecule has 0 fully saturated rings. The summed E-state index contributed by atoms with van der Waals surface area (Å²) in [6.07, 6.45) is -4.79. The van der Waals surface area contributed by atoms with Gasteiger partial charge in [0.25, 0.3) is 0 Å². The zero-order chi connectivity index (χ0) is 19.3. The summed E-state index contributed by atoms with van der Waals surface area (Å²) in [6.45, 7) is 1.32. The minimum atomic E-state index is -4.79. The van der Waals surface area contributed by atoms with E-state index in [4.69, 9.17) is 0 Å². The third-order valence-corrected chi connectivity index (χ3v) is 4.12. The molecule has 0 bridgehead atoms. The summed E-state index contributed by atoms with van der Waals surface area (Å²) in [5.74, 6) is -1.86. The Kier molecular flexibility index (Phi) is 6.25. The van der Waals surface area contributed by atoms with Gasteiger partial charge in [0.1, 0.15) is 11.6 Å². The number of ketones is 1. The Bertz CT molecular complexity index is 807. The van der Waals surface area contributed by atoms with Gasteiger partial charge in [-0.2, -0.15) is 0 Å². The number of hydrogen-bond acceptors (Lipinski definition) is 4. The normalized spacial score (nSPS) is 11.1. The third kappa shape index (κ3) is 6.07. The molecule has 0 saturated carbocycles. The lowest BCUT2D eigenvalue weighted by Gasteiger charge is -2.10. The predicted molar refractivity (Wildman–Crippen MR) is 88.9 cm³/mol. The molecule has 0 spiro atoms. The number of benzene rings is 2. The fraction of sp³-hybridized carbons (Fsp3) is 0.176. The lowest BCUT2D eigenvalue weighted by Crippen LogP contribution is -2.17. The lowest BCUT2D eigenvalue weighted by molar-refractivity contribution is -0.274. The molecule has 9 heteroatoms. The number of ether oxygens (including phenoxy) is 1. The van der Waals surface area contributed by atoms with Gasteiger partial charge in [-0.05, 0) is 43.3 Å². The number of anilines is 1. The summed E-state index contributed by atoms with van der Waals surface area (Å²) in [5.41, 5.74) is 0.509. The highest BCUT2D eigenvalue weighted by Crippen LogP contribution is 2.25. The van der Waals surface area contributed by atoms with Crippen LogP contribution < -0.4 is 10.1 Å². The molecule has 4 nitrogen and oxygen atoms in total. The van der Waals surface area contributed by atoms with Crippen LogP contribution in [-0.4, -0.2) is 23.8 Å². The van der Waals surface area contributed by atoms with E-state index >= 15 is 0 Å². The van der Waals surface area contributed by atoms with Crippen LogP contribution in [0.2, 0.25) is 0 Å². The minimum absolute atomic E-state index is 0.114. The van der Waals surface area contributed by atoms with Gasteiger partial charge in [-0.1, -0.05) is 6.07 Å². The molecule has 1 amide bonds. The van der Waals surface area contributed by atoms with Crippen LogP contribution in [0.4, 0.5) is 23.2 Å². The molecule has 0 unspecified atom stereocenters. The van der Waals surface area contributed by atoms with Gasteiger partial charge in [-0.25, -0.2) is 4.39 Å². The van der Waals surface area contributed by atoms with Crippen LogP contribution in [0.5, 0.6) is 5.75 Å². The summed E-state index contributed by atoms with van der Waals surface area (Å²) in [7, 11) is 0. The molecule has 0 aliphatic heterocycles. The van der Waals surface area contributed by atoms with Crippen molar-refractivity contribution >= 4 is 29.1 Å². The number of hydrogen-bond donors (Lipinski definition) is 1. The van der Waals surface area contributed by atoms with Gasteiger partial charge < -0.3 is 10.1 Å². The Morgan fingerprint density at radius 2 is 1.77 bits per heavy atom. The molecule has 0 aliphatic rings. The summed E-state index contributed by atoms with van der Waals surface area (Å²) in [4.78, 5) is 23.2. The monoisotopic (exact) mass is 387 g/mol. The van der Waals surface area contributed by atoms with Crippen LogP contribution in [0, 0.1) is 5.82 Å². The van der Waals surface area contributed by atoms with E-state index in [1.54, 1.807) is 0 Å². The molecule has 2 rings (SSSR count). The van der Waals surface area contributed by atoms with Gasteiger partial charge in [-0.3, -0.25) is 9.59 Å². The van der Waals surface area contributed by atoms with Gasteiger partial charge in [0.2, 0.25) is 5.91 Å². The number of alkyl halides is 3. The zero-order valence-electron chi connectivity index (χ0n) is 13.4. The Hall–Kier alpha value is -2.55. The molecule has 26 heavy (non-hydrogen) atoms. The van der Waals surface area contributed by atoms with E-state index in [0.717, 1.165) is 30.0 Å². The van der Waals surface area contributed by atoms with Crippen LogP contribution in [0.3, 0.4) is 0 Å². The van der Waals surface area contributed by atoms with E-state index in [0.29, 0.717) is 0 Å². The molecule has 138 valence electrons. The fourth-order valence-electron chi connectivity index (χ4n) is 1.92. The molecule has 0 aromatic heterocycles. The molecular weight excluding hydrogens is 374 g/mol. The van der Waals surface area contributed by atoms with E-state index in [1.807, 2.05) is 0 Å². The summed E-state index contributed by atoms with van der Waals surface area (Å²) >= 11 is 0.934. The standard InChI is InChI=1S/C17H13F4NO3S/c1-10(23)11-2-7-15(14(18)8-11)26-9-16(24)22-12-3-5-13(6-4-12)25-17(19,20)21/h2-8H,9H2,1H3,(H,22,24). The summed E-state index contributed by atoms with van der Waals surface area (Å²) < 4.78 is 53.8. The average molecular weight is 387 g/mol. The molecule has 0 atom stereocenters. The Labute approximate surface area is 150 Å². The number of amides is 1. The maximum atomic E-state index is 13.9. The Balaban J connectivity index is 1.90. The van der Waals surface area contributed by atoms with Gasteiger partial charge in [0.15, 0.2) is 5.78 Å². The fourth-order valence-corrected chi connectivity index (χ4v) is 2.64. The molecule has 0 aliphatic carbocycles. The Morgan fingerprint density at radius 1 is 1.12 bits per heavy atom. The molecule has 2 aromatic rings. The SMILES string of the molecule is CC(=O)c1ccc(SCC(=O)Nc2ccc(OC(F)(F)F)cc2)c(F)c1. The van der Waals surface area contributed by atoms with Crippen LogP contribution in [0.1, 0.15) is 17.3 Å². The van der Waals surface area contributed by atoms with E-state index in [-0.39, 0.29) is 27.7 Å². The molecule has 1 N–H and O–H groups in total. The van der Waals surface area contributed by atoms with E-state index in [9.17, 15) is 27.2 Å². The number of carbonyl (C=O) groups excluding carboxylic acids is 2. The second-order valence-corrected chi connectivity index (χ2v) is 6.13. The molecule has 2 aromatic carbocycles. The first-order valence-electron chi connectivity index (χ1n) is 7.23. The first kappa shape index (κ1) is 19.8. The van der Waals surface area contributed by atoms with Gasteiger partial charge >= 0.3 is 6.36 Å². The largest absolute Gasteiger partial charge is 0.573 e. The molecule has 0 heterocycles. The Morgan fingerprint density at radius 3 is 2.31 bits per heavy atom. The van der Waals surface area contributed by atoms with E-state index in [2.05, 4.69) is 10.1 Å². The average Bonchev–Trinajstić information content (AvgIpc) is 2.54. The van der Waals surface area contributed by atoms with Gasteiger partial charge in [0, 0.05) is 16.1 Å². The number of carbonyl (C=O) groups is 2. The van der Waals surface area contributed by atoms with Crippen molar-refractivity contribution in [3.63, 3.8) is 0 Å². The molecule has 0 radical (unpaired) electrons. The van der Waals surface area contributed by atoms with Crippen molar-refractivity contribution in [2.24, 2.45) is 0 Å². The summed E-state index contributed by atoms with van der Waals surface area (Å²) in [5, 5.41) is 2.48.